The van der Waals surface area contributed by atoms with Crippen LogP contribution in [0.2, 0.25) is 5.15 Å². The predicted molar refractivity (Wildman–Crippen MR) is 56.2 cm³/mol. The third-order valence-corrected chi connectivity index (χ3v) is 2.64. The molecule has 0 aliphatic rings. The molecule has 0 unspecified atom stereocenters. The second kappa shape index (κ2) is 5.38. The average molecular weight is 296 g/mol. The summed E-state index contributed by atoms with van der Waals surface area (Å²) in [5.74, 6) is 0. The number of rotatable bonds is 3. The van der Waals surface area contributed by atoms with Gasteiger partial charge in [0, 0.05) is 5.33 Å². The Hall–Kier alpha value is -0.730. The largest absolute Gasteiger partial charge is 0.267 e. The Kier molecular flexibility index (Phi) is 4.43. The lowest BCUT2D eigenvalue weighted by Gasteiger charge is -2.09. The Morgan fingerprint density at radius 2 is 2.27 bits per heavy atom. The molecule has 0 aliphatic heterocycles. The fourth-order valence-electron chi connectivity index (χ4n) is 1.16. The summed E-state index contributed by atoms with van der Waals surface area (Å²) < 4.78 is 25.2. The zero-order valence-corrected chi connectivity index (χ0v) is 9.82. The van der Waals surface area contributed by atoms with Gasteiger partial charge in [-0.05, 0) is 11.6 Å². The van der Waals surface area contributed by atoms with E-state index in [-0.39, 0.29) is 22.7 Å². The Balaban J connectivity index is 3.30. The maximum Gasteiger partial charge on any atom is 0.267 e. The van der Waals surface area contributed by atoms with Gasteiger partial charge in [0.1, 0.15) is 5.15 Å². The molecule has 0 saturated heterocycles. The highest BCUT2D eigenvalue weighted by atomic mass is 79.9. The summed E-state index contributed by atoms with van der Waals surface area (Å²) in [5.41, 5.74) is 0.430. The van der Waals surface area contributed by atoms with E-state index in [4.69, 9.17) is 16.9 Å². The highest BCUT2D eigenvalue weighted by Crippen LogP contribution is 2.30. The van der Waals surface area contributed by atoms with Gasteiger partial charge in [-0.1, -0.05) is 27.5 Å². The molecule has 1 aromatic heterocycles. The van der Waals surface area contributed by atoms with Gasteiger partial charge >= 0.3 is 0 Å². The molecule has 6 heteroatoms. The van der Waals surface area contributed by atoms with Gasteiger partial charge in [-0.25, -0.2) is 13.8 Å². The summed E-state index contributed by atoms with van der Waals surface area (Å²) in [6.07, 6.45) is -2.81. The number of hydrogen-bond donors (Lipinski definition) is 0. The maximum atomic E-state index is 12.6. The lowest BCUT2D eigenvalue weighted by Crippen LogP contribution is -2.00. The molecule has 0 N–H and O–H groups in total. The molecule has 0 radical (unpaired) electrons. The van der Waals surface area contributed by atoms with E-state index < -0.39 is 6.43 Å². The van der Waals surface area contributed by atoms with E-state index in [1.54, 1.807) is 0 Å². The van der Waals surface area contributed by atoms with Crippen LogP contribution in [-0.2, 0) is 11.8 Å². The first-order valence-corrected chi connectivity index (χ1v) is 5.49. The Morgan fingerprint density at radius 1 is 1.60 bits per heavy atom. The van der Waals surface area contributed by atoms with Gasteiger partial charge in [-0.3, -0.25) is 0 Å². The average Bonchev–Trinajstić information content (AvgIpc) is 2.16. The van der Waals surface area contributed by atoms with Crippen molar-refractivity contribution in [1.82, 2.24) is 4.98 Å². The van der Waals surface area contributed by atoms with E-state index in [0.717, 1.165) is 0 Å². The minimum absolute atomic E-state index is 0.0953. The van der Waals surface area contributed by atoms with E-state index in [0.29, 0.717) is 11.0 Å². The monoisotopic (exact) mass is 294 g/mol. The maximum absolute atomic E-state index is 12.6. The lowest BCUT2D eigenvalue weighted by atomic mass is 10.1. The van der Waals surface area contributed by atoms with E-state index in [2.05, 4.69) is 20.9 Å². The normalized spacial score (nSPS) is 10.4. The van der Waals surface area contributed by atoms with Crippen LogP contribution in [0.1, 0.15) is 23.2 Å². The second-order valence-electron chi connectivity index (χ2n) is 2.75. The third kappa shape index (κ3) is 2.86. The Bertz CT molecular complexity index is 404. The van der Waals surface area contributed by atoms with Crippen molar-refractivity contribution >= 4 is 27.5 Å². The quantitative estimate of drug-likeness (QED) is 0.630. The summed E-state index contributed by atoms with van der Waals surface area (Å²) in [6.45, 7) is 0. The van der Waals surface area contributed by atoms with Crippen molar-refractivity contribution in [3.8, 4) is 6.07 Å². The number of halogens is 4. The summed E-state index contributed by atoms with van der Waals surface area (Å²) in [7, 11) is 0. The van der Waals surface area contributed by atoms with Crippen molar-refractivity contribution in [2.75, 3.05) is 0 Å². The molecule has 0 saturated carbocycles. The summed E-state index contributed by atoms with van der Waals surface area (Å²) in [6, 6.07) is 3.29. The Morgan fingerprint density at radius 3 is 2.73 bits per heavy atom. The van der Waals surface area contributed by atoms with Gasteiger partial charge in [-0.2, -0.15) is 5.26 Å². The van der Waals surface area contributed by atoms with Crippen LogP contribution in [0.15, 0.2) is 6.07 Å². The van der Waals surface area contributed by atoms with Gasteiger partial charge < -0.3 is 0 Å². The highest BCUT2D eigenvalue weighted by molar-refractivity contribution is 9.08. The van der Waals surface area contributed by atoms with Crippen LogP contribution in [0.25, 0.3) is 0 Å². The molecule has 0 atom stereocenters. The molecule has 1 aromatic rings. The van der Waals surface area contributed by atoms with Crippen molar-refractivity contribution in [1.29, 1.82) is 5.26 Å². The second-order valence-corrected chi connectivity index (χ2v) is 3.67. The molecule has 0 amide bonds. The molecule has 1 rings (SSSR count). The zero-order chi connectivity index (χ0) is 11.4. The smallest absolute Gasteiger partial charge is 0.240 e. The molecule has 0 spiro atoms. The summed E-state index contributed by atoms with van der Waals surface area (Å²) in [5, 5.41) is 8.69. The van der Waals surface area contributed by atoms with Crippen LogP contribution in [0, 0.1) is 11.3 Å². The van der Waals surface area contributed by atoms with Crippen LogP contribution in [-0.4, -0.2) is 4.98 Å². The van der Waals surface area contributed by atoms with Gasteiger partial charge in [0.2, 0.25) is 0 Å². The number of nitriles is 1. The molecule has 0 fully saturated rings. The number of aromatic nitrogens is 1. The molecule has 0 aromatic carbocycles. The van der Waals surface area contributed by atoms with E-state index >= 15 is 0 Å². The molecule has 0 aliphatic carbocycles. The molecule has 80 valence electrons. The van der Waals surface area contributed by atoms with Crippen LogP contribution < -0.4 is 0 Å². The predicted octanol–water partition coefficient (Wildman–Crippen LogP) is 3.63. The first kappa shape index (κ1) is 12.3. The van der Waals surface area contributed by atoms with Crippen LogP contribution in [0.5, 0.6) is 0 Å². The summed E-state index contributed by atoms with van der Waals surface area (Å²) >= 11 is 8.77. The van der Waals surface area contributed by atoms with Crippen LogP contribution in [0.4, 0.5) is 8.78 Å². The van der Waals surface area contributed by atoms with Crippen molar-refractivity contribution < 1.29 is 8.78 Å². The molecule has 15 heavy (non-hydrogen) atoms. The van der Waals surface area contributed by atoms with Crippen molar-refractivity contribution in [3.63, 3.8) is 0 Å². The van der Waals surface area contributed by atoms with Crippen molar-refractivity contribution in [2.24, 2.45) is 0 Å². The van der Waals surface area contributed by atoms with E-state index in [1.165, 1.54) is 6.07 Å². The van der Waals surface area contributed by atoms with Gasteiger partial charge in [-0.15, -0.1) is 0 Å². The topological polar surface area (TPSA) is 36.7 Å². The fourth-order valence-corrected chi connectivity index (χ4v) is 1.76. The fraction of sp³-hybridized carbons (Fsp3) is 0.333. The molecule has 2 nitrogen and oxygen atoms in total. The highest BCUT2D eigenvalue weighted by Gasteiger charge is 2.19. The number of nitrogens with zero attached hydrogens (tertiary/aromatic N) is 2. The minimum atomic E-state index is -2.71. The van der Waals surface area contributed by atoms with Gasteiger partial charge in [0.05, 0.1) is 23.7 Å². The van der Waals surface area contributed by atoms with Crippen molar-refractivity contribution in [3.05, 3.63) is 28.0 Å². The minimum Gasteiger partial charge on any atom is -0.240 e. The van der Waals surface area contributed by atoms with E-state index in [9.17, 15) is 8.78 Å². The Labute approximate surface area is 99.0 Å². The molecule has 1 heterocycles. The number of hydrogen-bond acceptors (Lipinski definition) is 2. The van der Waals surface area contributed by atoms with Crippen molar-refractivity contribution in [2.45, 2.75) is 18.2 Å². The SMILES string of the molecule is N#CCc1cc(CBr)nc(Cl)c1C(F)F. The molecular weight excluding hydrogens is 289 g/mol. The van der Waals surface area contributed by atoms with E-state index in [1.807, 2.05) is 6.07 Å². The lowest BCUT2D eigenvalue weighted by molar-refractivity contribution is 0.150. The van der Waals surface area contributed by atoms with Crippen LogP contribution >= 0.6 is 27.5 Å². The standard InChI is InChI=1S/C9H6BrClF2N2/c10-4-6-3-5(1-2-14)7(9(12)13)8(11)15-6/h3,9H,1,4H2. The zero-order valence-electron chi connectivity index (χ0n) is 7.48. The first-order valence-electron chi connectivity index (χ1n) is 3.99. The number of pyridine rings is 1. The first-order chi connectivity index (χ1) is 7.10. The number of alkyl halides is 3. The van der Waals surface area contributed by atoms with Gasteiger partial charge in [0.15, 0.2) is 0 Å². The van der Waals surface area contributed by atoms with Gasteiger partial charge in [0.25, 0.3) is 6.43 Å². The summed E-state index contributed by atoms with van der Waals surface area (Å²) in [4.78, 5) is 3.78. The van der Waals surface area contributed by atoms with Crippen LogP contribution in [0.3, 0.4) is 0 Å². The molecular formula is C9H6BrClF2N2. The molecule has 0 bridgehead atoms. The third-order valence-electron chi connectivity index (χ3n) is 1.78.